The van der Waals surface area contributed by atoms with Gasteiger partial charge in [0, 0.05) is 11.6 Å². The number of hydrogen-bond acceptors (Lipinski definition) is 7. The molecule has 0 aliphatic rings. The summed E-state index contributed by atoms with van der Waals surface area (Å²) < 4.78 is 25.6. The van der Waals surface area contributed by atoms with Crippen molar-refractivity contribution in [3.8, 4) is 22.6 Å². The van der Waals surface area contributed by atoms with Gasteiger partial charge in [-0.25, -0.2) is 4.39 Å². The minimum atomic E-state index is -0.757. The van der Waals surface area contributed by atoms with Crippen molar-refractivity contribution in [1.29, 1.82) is 0 Å². The van der Waals surface area contributed by atoms with Crippen molar-refractivity contribution >= 4 is 17.3 Å². The van der Waals surface area contributed by atoms with Crippen LogP contribution >= 0.6 is 0 Å². The third-order valence-electron chi connectivity index (χ3n) is 5.82. The SMILES string of the molecule is CC(C(=O)Oc1ccc(COc2ccc([N+](=O)[O-])cc2[N+](=O)[O-])cc1)c1ccc(-c2ccccc2)c(F)c1. The van der Waals surface area contributed by atoms with E-state index in [1.54, 1.807) is 43.3 Å². The first kappa shape index (κ1) is 26.0. The van der Waals surface area contributed by atoms with E-state index in [-0.39, 0.29) is 18.1 Å². The van der Waals surface area contributed by atoms with Crippen LogP contribution in [0.2, 0.25) is 0 Å². The van der Waals surface area contributed by atoms with Crippen molar-refractivity contribution in [3.63, 3.8) is 0 Å². The van der Waals surface area contributed by atoms with E-state index in [2.05, 4.69) is 0 Å². The molecule has 1 atom stereocenters. The lowest BCUT2D eigenvalue weighted by Crippen LogP contribution is -2.16. The first-order valence-electron chi connectivity index (χ1n) is 11.4. The number of esters is 1. The highest BCUT2D eigenvalue weighted by Gasteiger charge is 2.21. The van der Waals surface area contributed by atoms with Crippen LogP contribution in [0, 0.1) is 26.0 Å². The molecule has 0 saturated heterocycles. The van der Waals surface area contributed by atoms with Gasteiger partial charge in [-0.2, -0.15) is 0 Å². The monoisotopic (exact) mass is 516 g/mol. The zero-order valence-corrected chi connectivity index (χ0v) is 20.1. The predicted molar refractivity (Wildman–Crippen MR) is 136 cm³/mol. The van der Waals surface area contributed by atoms with Crippen LogP contribution in [0.3, 0.4) is 0 Å². The molecule has 0 heterocycles. The summed E-state index contributed by atoms with van der Waals surface area (Å²) in [6.07, 6.45) is 0. The van der Waals surface area contributed by atoms with E-state index in [9.17, 15) is 29.4 Å². The molecule has 4 rings (SSSR count). The van der Waals surface area contributed by atoms with Crippen molar-refractivity contribution < 1.29 is 28.5 Å². The van der Waals surface area contributed by atoms with E-state index in [0.717, 1.165) is 17.7 Å². The van der Waals surface area contributed by atoms with Crippen molar-refractivity contribution in [1.82, 2.24) is 0 Å². The summed E-state index contributed by atoms with van der Waals surface area (Å²) in [4.78, 5) is 33.3. The fourth-order valence-electron chi connectivity index (χ4n) is 3.69. The fraction of sp³-hybridized carbons (Fsp3) is 0.107. The summed E-state index contributed by atoms with van der Waals surface area (Å²) >= 11 is 0. The van der Waals surface area contributed by atoms with E-state index >= 15 is 0 Å². The summed E-state index contributed by atoms with van der Waals surface area (Å²) in [7, 11) is 0. The number of ether oxygens (including phenoxy) is 2. The van der Waals surface area contributed by atoms with E-state index in [1.807, 2.05) is 18.2 Å². The van der Waals surface area contributed by atoms with E-state index in [4.69, 9.17) is 9.47 Å². The molecule has 0 radical (unpaired) electrons. The molecule has 0 saturated carbocycles. The average molecular weight is 516 g/mol. The second-order valence-electron chi connectivity index (χ2n) is 8.35. The van der Waals surface area contributed by atoms with E-state index in [1.165, 1.54) is 24.3 Å². The topological polar surface area (TPSA) is 122 Å². The molecule has 0 spiro atoms. The number of carbonyl (C=O) groups excluding carboxylic acids is 1. The molecule has 0 N–H and O–H groups in total. The van der Waals surface area contributed by atoms with Gasteiger partial charge < -0.3 is 9.47 Å². The number of carbonyl (C=O) groups is 1. The van der Waals surface area contributed by atoms with Gasteiger partial charge in [0.05, 0.1) is 21.8 Å². The number of hydrogen-bond donors (Lipinski definition) is 0. The fourth-order valence-corrected chi connectivity index (χ4v) is 3.69. The van der Waals surface area contributed by atoms with Crippen molar-refractivity contribution in [2.45, 2.75) is 19.4 Å². The number of halogens is 1. The molecule has 1 unspecified atom stereocenters. The number of benzene rings is 4. The Morgan fingerprint density at radius 1 is 0.895 bits per heavy atom. The van der Waals surface area contributed by atoms with Crippen LogP contribution in [0.4, 0.5) is 15.8 Å². The summed E-state index contributed by atoms with van der Waals surface area (Å²) in [6, 6.07) is 23.1. The van der Waals surface area contributed by atoms with Crippen molar-refractivity contribution in [3.05, 3.63) is 128 Å². The Bertz CT molecular complexity index is 1490. The van der Waals surface area contributed by atoms with Gasteiger partial charge in [0.2, 0.25) is 0 Å². The van der Waals surface area contributed by atoms with Gasteiger partial charge in [-0.3, -0.25) is 25.0 Å². The van der Waals surface area contributed by atoms with Crippen LogP contribution in [-0.2, 0) is 11.4 Å². The van der Waals surface area contributed by atoms with Gasteiger partial charge in [0.1, 0.15) is 18.2 Å². The molecular formula is C28H21FN2O7. The minimum absolute atomic E-state index is 0.0592. The molecule has 38 heavy (non-hydrogen) atoms. The summed E-state index contributed by atoms with van der Waals surface area (Å²) in [5.74, 6) is -1.59. The van der Waals surface area contributed by atoms with Gasteiger partial charge in [-0.15, -0.1) is 0 Å². The van der Waals surface area contributed by atoms with Crippen molar-refractivity contribution in [2.24, 2.45) is 0 Å². The molecular weight excluding hydrogens is 495 g/mol. The summed E-state index contributed by atoms with van der Waals surface area (Å²) in [5.41, 5.74) is 1.32. The second kappa shape index (κ2) is 11.3. The second-order valence-corrected chi connectivity index (χ2v) is 8.35. The maximum absolute atomic E-state index is 14.7. The first-order valence-corrected chi connectivity index (χ1v) is 11.4. The lowest BCUT2D eigenvalue weighted by molar-refractivity contribution is -0.394. The highest BCUT2D eigenvalue weighted by Crippen LogP contribution is 2.32. The van der Waals surface area contributed by atoms with Gasteiger partial charge in [-0.05, 0) is 47.9 Å². The number of rotatable bonds is 9. The van der Waals surface area contributed by atoms with E-state index < -0.39 is 38.9 Å². The molecule has 0 bridgehead atoms. The van der Waals surface area contributed by atoms with Gasteiger partial charge in [-0.1, -0.05) is 54.6 Å². The molecule has 0 aromatic heterocycles. The third-order valence-corrected chi connectivity index (χ3v) is 5.82. The number of nitro groups is 2. The molecule has 192 valence electrons. The zero-order valence-electron chi connectivity index (χ0n) is 20.1. The smallest absolute Gasteiger partial charge is 0.318 e. The average Bonchev–Trinajstić information content (AvgIpc) is 2.92. The standard InChI is InChI=1S/C28H21FN2O7/c1-18(21-9-13-24(25(29)15-21)20-5-3-2-4-6-20)28(32)38-23-11-7-19(8-12-23)17-37-27-14-10-22(30(33)34)16-26(27)31(35)36/h2-16,18H,17H2,1H3. The predicted octanol–water partition coefficient (Wildman–Crippen LogP) is 6.60. The van der Waals surface area contributed by atoms with Gasteiger partial charge >= 0.3 is 11.7 Å². The molecule has 0 amide bonds. The highest BCUT2D eigenvalue weighted by molar-refractivity contribution is 5.80. The Hall–Kier alpha value is -5.12. The molecule has 0 fully saturated rings. The number of non-ortho nitro benzene ring substituents is 1. The Kier molecular flexibility index (Phi) is 7.72. The van der Waals surface area contributed by atoms with Gasteiger partial charge in [0.25, 0.3) is 5.69 Å². The van der Waals surface area contributed by atoms with Gasteiger partial charge in [0.15, 0.2) is 5.75 Å². The Balaban J connectivity index is 1.38. The lowest BCUT2D eigenvalue weighted by atomic mass is 9.97. The summed E-state index contributed by atoms with van der Waals surface area (Å²) in [6.45, 7) is 1.56. The summed E-state index contributed by atoms with van der Waals surface area (Å²) in [5, 5.41) is 22.1. The Labute approximate surface area is 216 Å². The molecule has 0 aliphatic heterocycles. The minimum Gasteiger partial charge on any atom is -0.482 e. The van der Waals surface area contributed by atoms with Crippen molar-refractivity contribution in [2.75, 3.05) is 0 Å². The van der Waals surface area contributed by atoms with Crippen LogP contribution < -0.4 is 9.47 Å². The lowest BCUT2D eigenvalue weighted by Gasteiger charge is -2.13. The maximum Gasteiger partial charge on any atom is 0.318 e. The van der Waals surface area contributed by atoms with Crippen LogP contribution in [0.15, 0.2) is 91.0 Å². The quantitative estimate of drug-likeness (QED) is 0.106. The number of nitrogens with zero attached hydrogens (tertiary/aromatic N) is 2. The largest absolute Gasteiger partial charge is 0.482 e. The molecule has 4 aromatic carbocycles. The van der Waals surface area contributed by atoms with Crippen LogP contribution in [0.5, 0.6) is 11.5 Å². The van der Waals surface area contributed by atoms with Crippen LogP contribution in [-0.4, -0.2) is 15.8 Å². The molecule has 10 heteroatoms. The van der Waals surface area contributed by atoms with E-state index in [0.29, 0.717) is 16.7 Å². The highest BCUT2D eigenvalue weighted by atomic mass is 19.1. The Morgan fingerprint density at radius 2 is 1.61 bits per heavy atom. The van der Waals surface area contributed by atoms with Crippen LogP contribution in [0.25, 0.3) is 11.1 Å². The normalized spacial score (nSPS) is 11.4. The zero-order chi connectivity index (χ0) is 27.2. The Morgan fingerprint density at radius 3 is 2.24 bits per heavy atom. The maximum atomic E-state index is 14.7. The first-order chi connectivity index (χ1) is 18.2. The molecule has 0 aliphatic carbocycles. The molecule has 9 nitrogen and oxygen atoms in total. The van der Waals surface area contributed by atoms with Crippen LogP contribution in [0.1, 0.15) is 24.0 Å². The number of nitro benzene ring substituents is 2. The molecule has 4 aromatic rings. The third kappa shape index (κ3) is 5.98.